The molecule has 2 aromatic rings. The first-order chi connectivity index (χ1) is 13.5. The Morgan fingerprint density at radius 1 is 1.18 bits per heavy atom. The van der Waals surface area contributed by atoms with Crippen molar-refractivity contribution in [3.63, 3.8) is 0 Å². The number of rotatable bonds is 4. The lowest BCUT2D eigenvalue weighted by Crippen LogP contribution is -2.30. The van der Waals surface area contributed by atoms with Gasteiger partial charge in [-0.25, -0.2) is 0 Å². The van der Waals surface area contributed by atoms with Gasteiger partial charge in [0.2, 0.25) is 11.8 Å². The van der Waals surface area contributed by atoms with Crippen LogP contribution in [0.3, 0.4) is 0 Å². The first kappa shape index (κ1) is 18.8. The van der Waals surface area contributed by atoms with Gasteiger partial charge in [0.05, 0.1) is 17.6 Å². The van der Waals surface area contributed by atoms with E-state index in [-0.39, 0.29) is 24.3 Å². The molecule has 2 aliphatic rings. The Morgan fingerprint density at radius 2 is 1.86 bits per heavy atom. The summed E-state index contributed by atoms with van der Waals surface area (Å²) in [6.45, 7) is 3.38. The Balaban J connectivity index is 1.45. The first-order valence-electron chi connectivity index (χ1n) is 9.27. The van der Waals surface area contributed by atoms with E-state index in [4.69, 9.17) is 9.47 Å². The molecule has 4 rings (SSSR count). The molecule has 2 heterocycles. The summed E-state index contributed by atoms with van der Waals surface area (Å²) in [6.07, 6.45) is 0.213. The number of halogens is 1. The normalized spacial score (nSPS) is 19.4. The van der Waals surface area contributed by atoms with E-state index in [0.717, 1.165) is 5.56 Å². The molecule has 1 saturated heterocycles. The van der Waals surface area contributed by atoms with E-state index < -0.39 is 5.92 Å². The highest BCUT2D eigenvalue weighted by Gasteiger charge is 2.37. The number of anilines is 1. The second kappa shape index (κ2) is 7.83. The molecule has 0 radical (unpaired) electrons. The summed E-state index contributed by atoms with van der Waals surface area (Å²) in [7, 11) is 0. The molecule has 0 aromatic heterocycles. The summed E-state index contributed by atoms with van der Waals surface area (Å²) in [6, 6.07) is 13.3. The summed E-state index contributed by atoms with van der Waals surface area (Å²) in [5.74, 6) is 0.687. The van der Waals surface area contributed by atoms with Gasteiger partial charge in [0, 0.05) is 29.6 Å². The highest BCUT2D eigenvalue weighted by atomic mass is 79.9. The monoisotopic (exact) mass is 444 g/mol. The van der Waals surface area contributed by atoms with Crippen molar-refractivity contribution in [3.8, 4) is 11.5 Å². The van der Waals surface area contributed by atoms with Gasteiger partial charge in [-0.1, -0.05) is 30.3 Å². The first-order valence-corrected chi connectivity index (χ1v) is 10.1. The minimum absolute atomic E-state index is 0.00209. The van der Waals surface area contributed by atoms with Crippen LogP contribution in [-0.4, -0.2) is 36.5 Å². The molecule has 0 spiro atoms. The number of nitrogens with zero attached hydrogens (tertiary/aromatic N) is 1. The van der Waals surface area contributed by atoms with Gasteiger partial charge in [-0.15, -0.1) is 0 Å². The van der Waals surface area contributed by atoms with Crippen LogP contribution in [0.5, 0.6) is 11.5 Å². The van der Waals surface area contributed by atoms with Crippen LogP contribution in [0.1, 0.15) is 24.9 Å². The van der Waals surface area contributed by atoms with E-state index in [1.165, 1.54) is 0 Å². The summed E-state index contributed by atoms with van der Waals surface area (Å²) in [4.78, 5) is 27.1. The summed E-state index contributed by atoms with van der Waals surface area (Å²) in [5.41, 5.74) is 1.67. The Hall–Kier alpha value is -2.54. The lowest BCUT2D eigenvalue weighted by atomic mass is 10.1. The molecule has 7 heteroatoms. The van der Waals surface area contributed by atoms with Crippen molar-refractivity contribution in [1.82, 2.24) is 4.90 Å². The highest BCUT2D eigenvalue weighted by Crippen LogP contribution is 2.38. The third-order valence-corrected chi connectivity index (χ3v) is 5.82. The van der Waals surface area contributed by atoms with Gasteiger partial charge >= 0.3 is 0 Å². The molecule has 6 nitrogen and oxygen atoms in total. The third kappa shape index (κ3) is 3.71. The van der Waals surface area contributed by atoms with Gasteiger partial charge in [0.15, 0.2) is 11.5 Å². The number of benzene rings is 2. The van der Waals surface area contributed by atoms with Gasteiger partial charge in [-0.3, -0.25) is 9.59 Å². The predicted octanol–water partition coefficient (Wildman–Crippen LogP) is 3.77. The Bertz CT molecular complexity index is 903. The molecule has 2 amide bonds. The fraction of sp³-hybridized carbons (Fsp3) is 0.333. The molecule has 0 aliphatic carbocycles. The molecular formula is C21H21BrN2O4. The number of ether oxygens (including phenoxy) is 2. The van der Waals surface area contributed by atoms with Crippen LogP contribution in [-0.2, 0) is 9.59 Å². The number of hydrogen-bond donors (Lipinski definition) is 1. The van der Waals surface area contributed by atoms with E-state index in [1.54, 1.807) is 17.0 Å². The molecule has 2 unspecified atom stereocenters. The molecular weight excluding hydrogens is 424 g/mol. The largest absolute Gasteiger partial charge is 0.486 e. The van der Waals surface area contributed by atoms with Gasteiger partial charge < -0.3 is 19.7 Å². The molecule has 2 atom stereocenters. The number of carbonyl (C=O) groups is 2. The fourth-order valence-electron chi connectivity index (χ4n) is 3.59. The fourth-order valence-corrected chi connectivity index (χ4v) is 4.01. The topological polar surface area (TPSA) is 67.9 Å². The third-order valence-electron chi connectivity index (χ3n) is 5.17. The van der Waals surface area contributed by atoms with Crippen LogP contribution in [0, 0.1) is 5.92 Å². The molecule has 0 bridgehead atoms. The zero-order chi connectivity index (χ0) is 19.7. The van der Waals surface area contributed by atoms with Crippen molar-refractivity contribution in [3.05, 3.63) is 52.5 Å². The molecule has 2 aliphatic heterocycles. The number of nitrogens with one attached hydrogen (secondary N) is 1. The maximum absolute atomic E-state index is 12.8. The second-order valence-corrected chi connectivity index (χ2v) is 7.85. The number of fused-ring (bicyclic) bond motifs is 1. The van der Waals surface area contributed by atoms with Crippen LogP contribution in [0.15, 0.2) is 46.9 Å². The summed E-state index contributed by atoms with van der Waals surface area (Å²) < 4.78 is 11.8. The van der Waals surface area contributed by atoms with Crippen molar-refractivity contribution < 1.29 is 19.1 Å². The zero-order valence-electron chi connectivity index (χ0n) is 15.5. The molecule has 28 heavy (non-hydrogen) atoms. The lowest BCUT2D eigenvalue weighted by Gasteiger charge is -2.25. The Morgan fingerprint density at radius 3 is 2.57 bits per heavy atom. The zero-order valence-corrected chi connectivity index (χ0v) is 17.1. The van der Waals surface area contributed by atoms with E-state index in [0.29, 0.717) is 41.4 Å². The van der Waals surface area contributed by atoms with Gasteiger partial charge in [0.25, 0.3) is 0 Å². The van der Waals surface area contributed by atoms with Crippen LogP contribution in [0.4, 0.5) is 5.69 Å². The van der Waals surface area contributed by atoms with Crippen LogP contribution in [0.25, 0.3) is 0 Å². The van der Waals surface area contributed by atoms with Crippen molar-refractivity contribution in [2.45, 2.75) is 19.4 Å². The van der Waals surface area contributed by atoms with E-state index >= 15 is 0 Å². The van der Waals surface area contributed by atoms with E-state index in [1.807, 2.05) is 37.3 Å². The predicted molar refractivity (Wildman–Crippen MR) is 108 cm³/mol. The standard InChI is InChI=1S/C21H21BrN2O4/c1-13(14-5-3-2-4-6-14)24-12-15(9-20(24)25)21(26)23-17-11-19-18(10-16(17)22)27-7-8-28-19/h2-6,10-11,13,15H,7-9,12H2,1H3,(H,23,26). The maximum Gasteiger partial charge on any atom is 0.229 e. The number of amides is 2. The Labute approximate surface area is 171 Å². The number of likely N-dealkylation sites (tertiary alicyclic amines) is 1. The van der Waals surface area contributed by atoms with Gasteiger partial charge in [-0.2, -0.15) is 0 Å². The molecule has 146 valence electrons. The van der Waals surface area contributed by atoms with Crippen molar-refractivity contribution in [2.75, 3.05) is 25.1 Å². The SMILES string of the molecule is CC(c1ccccc1)N1CC(C(=O)Nc2cc3c(cc2Br)OCCO3)CC1=O. The Kier molecular flexibility index (Phi) is 5.26. The molecule has 1 fully saturated rings. The number of carbonyl (C=O) groups excluding carboxylic acids is 2. The van der Waals surface area contributed by atoms with Gasteiger partial charge in [-0.05, 0) is 28.4 Å². The number of hydrogen-bond acceptors (Lipinski definition) is 4. The smallest absolute Gasteiger partial charge is 0.229 e. The van der Waals surface area contributed by atoms with Crippen LogP contribution >= 0.6 is 15.9 Å². The minimum Gasteiger partial charge on any atom is -0.486 e. The summed E-state index contributed by atoms with van der Waals surface area (Å²) >= 11 is 3.46. The average Bonchev–Trinajstić information content (AvgIpc) is 3.10. The molecule has 0 saturated carbocycles. The van der Waals surface area contributed by atoms with E-state index in [2.05, 4.69) is 21.2 Å². The second-order valence-electron chi connectivity index (χ2n) is 7.00. The minimum atomic E-state index is -0.390. The van der Waals surface area contributed by atoms with Gasteiger partial charge in [0.1, 0.15) is 13.2 Å². The maximum atomic E-state index is 12.8. The van der Waals surface area contributed by atoms with Crippen LogP contribution < -0.4 is 14.8 Å². The van der Waals surface area contributed by atoms with Crippen LogP contribution in [0.2, 0.25) is 0 Å². The molecule has 1 N–H and O–H groups in total. The molecule has 2 aromatic carbocycles. The van der Waals surface area contributed by atoms with Crippen molar-refractivity contribution in [1.29, 1.82) is 0 Å². The lowest BCUT2D eigenvalue weighted by molar-refractivity contribution is -0.129. The highest BCUT2D eigenvalue weighted by molar-refractivity contribution is 9.10. The van der Waals surface area contributed by atoms with E-state index in [9.17, 15) is 9.59 Å². The van der Waals surface area contributed by atoms with Crippen molar-refractivity contribution in [2.24, 2.45) is 5.92 Å². The summed E-state index contributed by atoms with van der Waals surface area (Å²) in [5, 5.41) is 2.92. The van der Waals surface area contributed by atoms with Crippen molar-refractivity contribution >= 4 is 33.4 Å². The average molecular weight is 445 g/mol. The quantitative estimate of drug-likeness (QED) is 0.778.